The molecular formula is C15H12BrN3O7S2. The lowest BCUT2D eigenvalue weighted by molar-refractivity contribution is -0.385. The van der Waals surface area contributed by atoms with Gasteiger partial charge in [0, 0.05) is 4.47 Å². The number of nitrogens with zero attached hydrogens (tertiary/aromatic N) is 2. The van der Waals surface area contributed by atoms with Gasteiger partial charge in [0.05, 0.1) is 23.1 Å². The fourth-order valence-electron chi connectivity index (χ4n) is 2.13. The summed E-state index contributed by atoms with van der Waals surface area (Å²) in [5.41, 5.74) is 4.70. The number of hydrogen-bond donors (Lipinski definition) is 2. The molecule has 28 heavy (non-hydrogen) atoms. The summed E-state index contributed by atoms with van der Waals surface area (Å²) >= 11 is 7.71. The molecule has 0 aliphatic carbocycles. The Hall–Kier alpha value is -2.77. The van der Waals surface area contributed by atoms with E-state index in [2.05, 4.69) is 28.1 Å². The van der Waals surface area contributed by atoms with E-state index in [4.69, 9.17) is 15.0 Å². The molecule has 0 aromatic heterocycles. The number of amides is 1. The number of carboxylic acid groups (broad SMARTS) is 1. The van der Waals surface area contributed by atoms with Crippen molar-refractivity contribution >= 4 is 55.2 Å². The Labute approximate surface area is 172 Å². The van der Waals surface area contributed by atoms with Gasteiger partial charge in [-0.3, -0.25) is 10.1 Å². The highest BCUT2D eigenvalue weighted by Gasteiger charge is 2.25. The quantitative estimate of drug-likeness (QED) is 0.269. The molecule has 10 nitrogen and oxygen atoms in total. The number of halogens is 1. The van der Waals surface area contributed by atoms with Crippen LogP contribution in [0.25, 0.3) is 0 Å². The molecule has 13 heteroatoms. The Balaban J connectivity index is 2.40. The van der Waals surface area contributed by atoms with E-state index in [1.807, 2.05) is 0 Å². The van der Waals surface area contributed by atoms with Gasteiger partial charge in [-0.1, -0.05) is 12.1 Å². The summed E-state index contributed by atoms with van der Waals surface area (Å²) in [6, 6.07) is 9.10. The Morgan fingerprint density at radius 1 is 1.32 bits per heavy atom. The van der Waals surface area contributed by atoms with Crippen molar-refractivity contribution in [3.05, 3.63) is 62.6 Å². The van der Waals surface area contributed by atoms with Crippen LogP contribution >= 0.6 is 28.1 Å². The van der Waals surface area contributed by atoms with Crippen molar-refractivity contribution in [2.45, 2.75) is 11.4 Å². The second-order valence-electron chi connectivity index (χ2n) is 5.22. The van der Waals surface area contributed by atoms with Crippen LogP contribution in [0.4, 0.5) is 10.5 Å². The van der Waals surface area contributed by atoms with E-state index in [1.165, 1.54) is 18.2 Å². The first kappa shape index (κ1) is 21.5. The standard InChI is InChI=1S/C15H12BrN3O7S2/c16-11-3-1-2-4-13(11)28(24,25)26-10-6-5-9(12(7-10)19(22)23)8-18(14(17)27)15(20)21/h1-7H,8H2,(H2,17,27)(H,20,21). The molecule has 0 radical (unpaired) electrons. The van der Waals surface area contributed by atoms with Gasteiger partial charge < -0.3 is 15.0 Å². The average molecular weight is 490 g/mol. The second-order valence-corrected chi connectivity index (χ2v) is 8.01. The van der Waals surface area contributed by atoms with E-state index in [-0.39, 0.29) is 20.7 Å². The third-order valence-electron chi connectivity index (χ3n) is 3.39. The van der Waals surface area contributed by atoms with Crippen LogP contribution < -0.4 is 9.92 Å². The van der Waals surface area contributed by atoms with Crippen molar-refractivity contribution in [3.8, 4) is 5.75 Å². The molecule has 0 saturated carbocycles. The van der Waals surface area contributed by atoms with Crippen LogP contribution in [0, 0.1) is 10.1 Å². The van der Waals surface area contributed by atoms with Crippen molar-refractivity contribution in [2.75, 3.05) is 0 Å². The Bertz CT molecular complexity index is 1050. The lowest BCUT2D eigenvalue weighted by Gasteiger charge is -2.17. The summed E-state index contributed by atoms with van der Waals surface area (Å²) in [5, 5.41) is 19.9. The number of benzene rings is 2. The molecule has 2 rings (SSSR count). The summed E-state index contributed by atoms with van der Waals surface area (Å²) in [6.07, 6.45) is -1.49. The molecule has 0 fully saturated rings. The molecule has 0 atom stereocenters. The maximum Gasteiger partial charge on any atom is 0.413 e. The van der Waals surface area contributed by atoms with Gasteiger partial charge in [-0.2, -0.15) is 8.42 Å². The maximum atomic E-state index is 12.4. The third kappa shape index (κ3) is 4.94. The predicted octanol–water partition coefficient (Wildman–Crippen LogP) is 2.85. The van der Waals surface area contributed by atoms with E-state index >= 15 is 0 Å². The summed E-state index contributed by atoms with van der Waals surface area (Å²) in [7, 11) is -4.26. The van der Waals surface area contributed by atoms with Gasteiger partial charge in [-0.25, -0.2) is 9.69 Å². The molecule has 2 aromatic rings. The van der Waals surface area contributed by atoms with E-state index in [1.54, 1.807) is 6.07 Å². The molecule has 0 bridgehead atoms. The molecule has 0 unspecified atom stereocenters. The monoisotopic (exact) mass is 489 g/mol. The SMILES string of the molecule is NC(=S)N(Cc1ccc(OS(=O)(=O)c2ccccc2Br)cc1[N+](=O)[O-])C(=O)O. The Morgan fingerprint density at radius 3 is 2.50 bits per heavy atom. The number of thiocarbonyl (C=S) groups is 1. The third-order valence-corrected chi connectivity index (χ3v) is 5.87. The topological polar surface area (TPSA) is 153 Å². The Morgan fingerprint density at radius 2 is 1.96 bits per heavy atom. The first-order chi connectivity index (χ1) is 13.0. The summed E-state index contributed by atoms with van der Waals surface area (Å²) in [4.78, 5) is 22.1. The molecular weight excluding hydrogens is 478 g/mol. The highest BCUT2D eigenvalue weighted by atomic mass is 79.9. The number of nitro groups is 1. The number of nitrogens with two attached hydrogens (primary N) is 1. The summed E-state index contributed by atoms with van der Waals surface area (Å²) < 4.78 is 30.0. The molecule has 3 N–H and O–H groups in total. The number of nitro benzene ring substituents is 1. The van der Waals surface area contributed by atoms with Crippen LogP contribution in [0.15, 0.2) is 51.8 Å². The van der Waals surface area contributed by atoms with Crippen LogP contribution in [0.2, 0.25) is 0 Å². The van der Waals surface area contributed by atoms with Crippen LogP contribution in [-0.4, -0.2) is 34.6 Å². The molecule has 2 aromatic carbocycles. The smallest absolute Gasteiger partial charge is 0.413 e. The fraction of sp³-hybridized carbons (Fsp3) is 0.0667. The predicted molar refractivity (Wildman–Crippen MR) is 105 cm³/mol. The highest BCUT2D eigenvalue weighted by Crippen LogP contribution is 2.30. The first-order valence-corrected chi connectivity index (χ1v) is 9.90. The number of rotatable bonds is 6. The zero-order valence-electron chi connectivity index (χ0n) is 13.8. The summed E-state index contributed by atoms with van der Waals surface area (Å²) in [5.74, 6) is -0.316. The number of hydrogen-bond acceptors (Lipinski definition) is 7. The van der Waals surface area contributed by atoms with Crippen LogP contribution in [-0.2, 0) is 16.7 Å². The van der Waals surface area contributed by atoms with Crippen LogP contribution in [0.3, 0.4) is 0 Å². The van der Waals surface area contributed by atoms with Crippen molar-refractivity contribution in [1.82, 2.24) is 4.90 Å². The van der Waals surface area contributed by atoms with Gasteiger partial charge in [0.1, 0.15) is 10.6 Å². The van der Waals surface area contributed by atoms with Crippen molar-refractivity contribution in [3.63, 3.8) is 0 Å². The second kappa shape index (κ2) is 8.50. The zero-order valence-corrected chi connectivity index (χ0v) is 17.0. The van der Waals surface area contributed by atoms with E-state index in [0.717, 1.165) is 18.2 Å². The number of carbonyl (C=O) groups is 1. The lowest BCUT2D eigenvalue weighted by atomic mass is 10.1. The highest BCUT2D eigenvalue weighted by molar-refractivity contribution is 9.10. The average Bonchev–Trinajstić information content (AvgIpc) is 2.59. The van der Waals surface area contributed by atoms with Gasteiger partial charge in [0.15, 0.2) is 5.11 Å². The van der Waals surface area contributed by atoms with Crippen molar-refractivity contribution in [2.24, 2.45) is 5.73 Å². The molecule has 0 heterocycles. The van der Waals surface area contributed by atoms with Crippen molar-refractivity contribution < 1.29 is 27.4 Å². The normalized spacial score (nSPS) is 10.9. The van der Waals surface area contributed by atoms with E-state index in [9.17, 15) is 23.3 Å². The van der Waals surface area contributed by atoms with Crippen LogP contribution in [0.5, 0.6) is 5.75 Å². The Kier molecular flexibility index (Phi) is 6.53. The van der Waals surface area contributed by atoms with Gasteiger partial charge in [-0.15, -0.1) is 0 Å². The lowest BCUT2D eigenvalue weighted by Crippen LogP contribution is -2.39. The van der Waals surface area contributed by atoms with Crippen LogP contribution in [0.1, 0.15) is 5.56 Å². The summed E-state index contributed by atoms with van der Waals surface area (Å²) in [6.45, 7) is -0.488. The molecule has 0 spiro atoms. The van der Waals surface area contributed by atoms with E-state index in [0.29, 0.717) is 4.90 Å². The minimum atomic E-state index is -4.26. The maximum absolute atomic E-state index is 12.4. The van der Waals surface area contributed by atoms with Gasteiger partial charge in [-0.05, 0) is 52.4 Å². The van der Waals surface area contributed by atoms with Gasteiger partial charge in [0.2, 0.25) is 0 Å². The first-order valence-electron chi connectivity index (χ1n) is 7.29. The van der Waals surface area contributed by atoms with Gasteiger partial charge >= 0.3 is 16.2 Å². The van der Waals surface area contributed by atoms with Gasteiger partial charge in [0.25, 0.3) is 5.69 Å². The molecule has 0 saturated heterocycles. The van der Waals surface area contributed by atoms with E-state index < -0.39 is 38.5 Å². The zero-order chi connectivity index (χ0) is 21.1. The molecule has 0 aliphatic heterocycles. The minimum absolute atomic E-state index is 0.0501. The molecule has 1 amide bonds. The fourth-order valence-corrected chi connectivity index (χ4v) is 4.15. The molecule has 0 aliphatic rings. The van der Waals surface area contributed by atoms with Crippen molar-refractivity contribution in [1.29, 1.82) is 0 Å². The molecule has 148 valence electrons. The largest absolute Gasteiger partial charge is 0.465 e. The minimum Gasteiger partial charge on any atom is -0.465 e.